The summed E-state index contributed by atoms with van der Waals surface area (Å²) in [5, 5.41) is 0. The van der Waals surface area contributed by atoms with Crippen LogP contribution >= 0.6 is 0 Å². The van der Waals surface area contributed by atoms with Gasteiger partial charge in [-0.25, -0.2) is 0 Å². The molecule has 0 aromatic heterocycles. The minimum atomic E-state index is 0.221. The second-order valence-electron chi connectivity index (χ2n) is 9.03. The Morgan fingerprint density at radius 3 is 2.55 bits per heavy atom. The molecule has 1 aromatic rings. The molecule has 2 aliphatic heterocycles. The van der Waals surface area contributed by atoms with Crippen molar-refractivity contribution in [2.45, 2.75) is 57.9 Å². The molecule has 2 fully saturated rings. The lowest BCUT2D eigenvalue weighted by atomic mass is 9.92. The number of amides is 2. The summed E-state index contributed by atoms with van der Waals surface area (Å²) in [6.45, 7) is 5.86. The number of likely N-dealkylation sites (tertiary alicyclic amines) is 2. The first-order valence-corrected chi connectivity index (χ1v) is 11.2. The summed E-state index contributed by atoms with van der Waals surface area (Å²) in [5.41, 5.74) is 2.30. The lowest BCUT2D eigenvalue weighted by Crippen LogP contribution is -2.45. The highest BCUT2D eigenvalue weighted by Crippen LogP contribution is 2.23. The van der Waals surface area contributed by atoms with E-state index in [1.165, 1.54) is 5.56 Å². The van der Waals surface area contributed by atoms with Crippen molar-refractivity contribution >= 4 is 11.8 Å². The number of hydrogen-bond acceptors (Lipinski definition) is 3. The van der Waals surface area contributed by atoms with E-state index in [0.717, 1.165) is 63.8 Å². The number of benzene rings is 1. The number of hydrogen-bond donors (Lipinski definition) is 0. The van der Waals surface area contributed by atoms with Crippen molar-refractivity contribution < 1.29 is 9.59 Å². The van der Waals surface area contributed by atoms with Crippen LogP contribution < -0.4 is 0 Å². The maximum atomic E-state index is 12.8. The quantitative estimate of drug-likeness (QED) is 0.738. The van der Waals surface area contributed by atoms with Crippen molar-refractivity contribution in [3.05, 3.63) is 35.4 Å². The van der Waals surface area contributed by atoms with E-state index in [-0.39, 0.29) is 11.8 Å². The second kappa shape index (κ2) is 10.2. The van der Waals surface area contributed by atoms with Gasteiger partial charge in [-0.3, -0.25) is 9.59 Å². The van der Waals surface area contributed by atoms with E-state index in [4.69, 9.17) is 0 Å². The fraction of sp³-hybridized carbons (Fsp3) is 0.667. The summed E-state index contributed by atoms with van der Waals surface area (Å²) < 4.78 is 0. The van der Waals surface area contributed by atoms with Gasteiger partial charge in [-0.2, -0.15) is 0 Å². The van der Waals surface area contributed by atoms with Crippen LogP contribution in [0.25, 0.3) is 0 Å². The summed E-state index contributed by atoms with van der Waals surface area (Å²) in [6, 6.07) is 8.51. The molecule has 5 heteroatoms. The number of rotatable bonds is 6. The third-order valence-corrected chi connectivity index (χ3v) is 6.87. The average molecular weight is 400 g/mol. The number of carbonyl (C=O) groups excluding carboxylic acids is 2. The third kappa shape index (κ3) is 6.05. The van der Waals surface area contributed by atoms with E-state index in [9.17, 15) is 9.59 Å². The molecule has 1 unspecified atom stereocenters. The lowest BCUT2D eigenvalue weighted by Gasteiger charge is -2.36. The van der Waals surface area contributed by atoms with Crippen molar-refractivity contribution in [2.75, 3.05) is 40.3 Å². The predicted molar refractivity (Wildman–Crippen MR) is 117 cm³/mol. The first-order chi connectivity index (χ1) is 13.9. The van der Waals surface area contributed by atoms with E-state index in [1.807, 2.05) is 35.0 Å². The summed E-state index contributed by atoms with van der Waals surface area (Å²) in [4.78, 5) is 31.8. The van der Waals surface area contributed by atoms with Gasteiger partial charge < -0.3 is 14.7 Å². The first kappa shape index (κ1) is 21.8. The Morgan fingerprint density at radius 2 is 1.83 bits per heavy atom. The Hall–Kier alpha value is -1.88. The highest BCUT2D eigenvalue weighted by Gasteiger charge is 2.27. The smallest absolute Gasteiger partial charge is 0.227 e. The molecule has 1 atom stereocenters. The average Bonchev–Trinajstić information content (AvgIpc) is 2.74. The fourth-order valence-electron chi connectivity index (χ4n) is 4.70. The van der Waals surface area contributed by atoms with Gasteiger partial charge in [-0.05, 0) is 76.2 Å². The standard InChI is InChI=1S/C24H37N3O2/c1-19-7-4-5-9-21(19)17-24(29)27-14-6-8-20(18-27)10-11-23(28)26(3)22-12-15-25(2)16-13-22/h4-5,7,9,20,22H,6,8,10-18H2,1-3H3. The summed E-state index contributed by atoms with van der Waals surface area (Å²) in [6.07, 6.45) is 6.30. The molecule has 2 amide bonds. The van der Waals surface area contributed by atoms with E-state index >= 15 is 0 Å². The summed E-state index contributed by atoms with van der Waals surface area (Å²) in [7, 11) is 4.12. The van der Waals surface area contributed by atoms with Crippen LogP contribution in [0, 0.1) is 12.8 Å². The summed E-state index contributed by atoms with van der Waals surface area (Å²) in [5.74, 6) is 0.932. The maximum absolute atomic E-state index is 12.8. The second-order valence-corrected chi connectivity index (χ2v) is 9.03. The van der Waals surface area contributed by atoms with Crippen molar-refractivity contribution in [2.24, 2.45) is 5.92 Å². The van der Waals surface area contributed by atoms with Gasteiger partial charge in [-0.15, -0.1) is 0 Å². The lowest BCUT2D eigenvalue weighted by molar-refractivity contribution is -0.133. The molecule has 0 aliphatic carbocycles. The molecule has 0 N–H and O–H groups in total. The molecule has 3 rings (SSSR count). The van der Waals surface area contributed by atoms with Crippen LogP contribution in [0.5, 0.6) is 0 Å². The van der Waals surface area contributed by atoms with Gasteiger partial charge in [-0.1, -0.05) is 24.3 Å². The molecule has 5 nitrogen and oxygen atoms in total. The van der Waals surface area contributed by atoms with Crippen LogP contribution in [0.1, 0.15) is 49.7 Å². The zero-order valence-corrected chi connectivity index (χ0v) is 18.4. The minimum absolute atomic E-state index is 0.221. The number of piperidine rings is 2. The van der Waals surface area contributed by atoms with Gasteiger partial charge >= 0.3 is 0 Å². The molecular formula is C24H37N3O2. The normalized spacial score (nSPS) is 21.2. The monoisotopic (exact) mass is 399 g/mol. The van der Waals surface area contributed by atoms with Crippen LogP contribution in [-0.2, 0) is 16.0 Å². The van der Waals surface area contributed by atoms with Crippen molar-refractivity contribution in [1.29, 1.82) is 0 Å². The van der Waals surface area contributed by atoms with E-state index in [2.05, 4.69) is 24.9 Å². The minimum Gasteiger partial charge on any atom is -0.343 e. The Morgan fingerprint density at radius 1 is 1.10 bits per heavy atom. The number of aryl methyl sites for hydroxylation is 1. The fourth-order valence-corrected chi connectivity index (χ4v) is 4.70. The van der Waals surface area contributed by atoms with Gasteiger partial charge in [0.2, 0.25) is 11.8 Å². The molecule has 0 bridgehead atoms. The van der Waals surface area contributed by atoms with E-state index in [1.54, 1.807) is 0 Å². The molecule has 2 heterocycles. The topological polar surface area (TPSA) is 43.9 Å². The molecule has 0 saturated carbocycles. The number of nitrogens with zero attached hydrogens (tertiary/aromatic N) is 3. The molecule has 0 radical (unpaired) electrons. The Kier molecular flexibility index (Phi) is 7.70. The molecular weight excluding hydrogens is 362 g/mol. The molecule has 2 aliphatic rings. The van der Waals surface area contributed by atoms with Gasteiger partial charge in [0.15, 0.2) is 0 Å². The highest BCUT2D eigenvalue weighted by molar-refractivity contribution is 5.79. The van der Waals surface area contributed by atoms with Gasteiger partial charge in [0.05, 0.1) is 6.42 Å². The van der Waals surface area contributed by atoms with Crippen molar-refractivity contribution in [1.82, 2.24) is 14.7 Å². The van der Waals surface area contributed by atoms with Crippen molar-refractivity contribution in [3.8, 4) is 0 Å². The largest absolute Gasteiger partial charge is 0.343 e. The Balaban J connectivity index is 1.45. The number of carbonyl (C=O) groups is 2. The van der Waals surface area contributed by atoms with Crippen LogP contribution in [0.4, 0.5) is 0 Å². The maximum Gasteiger partial charge on any atom is 0.227 e. The highest BCUT2D eigenvalue weighted by atomic mass is 16.2. The van der Waals surface area contributed by atoms with Gasteiger partial charge in [0.1, 0.15) is 0 Å². The van der Waals surface area contributed by atoms with Crippen molar-refractivity contribution in [3.63, 3.8) is 0 Å². The Labute approximate surface area is 176 Å². The first-order valence-electron chi connectivity index (χ1n) is 11.2. The van der Waals surface area contributed by atoms with Crippen LogP contribution in [0.3, 0.4) is 0 Å². The van der Waals surface area contributed by atoms with E-state index < -0.39 is 0 Å². The predicted octanol–water partition coefficient (Wildman–Crippen LogP) is 3.11. The Bertz CT molecular complexity index is 697. The molecule has 0 spiro atoms. The summed E-state index contributed by atoms with van der Waals surface area (Å²) >= 11 is 0. The molecule has 2 saturated heterocycles. The van der Waals surface area contributed by atoms with Crippen LogP contribution in [0.2, 0.25) is 0 Å². The van der Waals surface area contributed by atoms with E-state index in [0.29, 0.717) is 24.8 Å². The molecule has 1 aromatic carbocycles. The SMILES string of the molecule is Cc1ccccc1CC(=O)N1CCCC(CCC(=O)N(C)C2CCN(C)CC2)C1. The molecule has 160 valence electrons. The van der Waals surface area contributed by atoms with Gasteiger partial charge in [0.25, 0.3) is 0 Å². The van der Waals surface area contributed by atoms with Gasteiger partial charge in [0, 0.05) is 32.6 Å². The zero-order valence-electron chi connectivity index (χ0n) is 18.4. The van der Waals surface area contributed by atoms with Crippen LogP contribution in [0.15, 0.2) is 24.3 Å². The van der Waals surface area contributed by atoms with Crippen LogP contribution in [-0.4, -0.2) is 72.8 Å². The third-order valence-electron chi connectivity index (χ3n) is 6.87. The molecule has 29 heavy (non-hydrogen) atoms. The zero-order chi connectivity index (χ0) is 20.8.